The monoisotopic (exact) mass is 266 g/mol. The van der Waals surface area contributed by atoms with Crippen molar-refractivity contribution in [3.8, 4) is 12.3 Å². The van der Waals surface area contributed by atoms with Crippen molar-refractivity contribution in [3.63, 3.8) is 0 Å². The molecule has 0 heterocycles. The molecule has 0 spiro atoms. The molecular weight excluding hydrogens is 240 g/mol. The molecule has 3 nitrogen and oxygen atoms in total. The predicted octanol–water partition coefficient (Wildman–Crippen LogP) is 3.17. The van der Waals surface area contributed by atoms with Gasteiger partial charge in [0, 0.05) is 5.92 Å². The average Bonchev–Trinajstić information content (AvgIpc) is 2.66. The first-order chi connectivity index (χ1) is 8.65. The van der Waals surface area contributed by atoms with E-state index in [1.54, 1.807) is 0 Å². The minimum absolute atomic E-state index is 0.168. The molecule has 0 aliphatic heterocycles. The largest absolute Gasteiger partial charge is 0.453 e. The van der Waals surface area contributed by atoms with Crippen LogP contribution in [-0.2, 0) is 14.3 Å². The van der Waals surface area contributed by atoms with Gasteiger partial charge >= 0.3 is 5.97 Å². The van der Waals surface area contributed by atoms with E-state index in [0.29, 0.717) is 11.3 Å². The summed E-state index contributed by atoms with van der Waals surface area (Å²) in [4.78, 5) is 11.0. The van der Waals surface area contributed by atoms with E-state index in [1.165, 1.54) is 19.3 Å². The zero-order valence-electron chi connectivity index (χ0n) is 12.8. The lowest BCUT2D eigenvalue weighted by atomic mass is 9.89. The summed E-state index contributed by atoms with van der Waals surface area (Å²) in [6.07, 6.45) is 8.77. The fourth-order valence-corrected chi connectivity index (χ4v) is 2.81. The van der Waals surface area contributed by atoms with Crippen LogP contribution in [-0.4, -0.2) is 24.3 Å². The molecule has 2 atom stereocenters. The van der Waals surface area contributed by atoms with Gasteiger partial charge in [0.05, 0.1) is 11.7 Å². The summed E-state index contributed by atoms with van der Waals surface area (Å²) < 4.78 is 11.0. The molecule has 0 aromatic rings. The van der Waals surface area contributed by atoms with Gasteiger partial charge < -0.3 is 9.47 Å². The highest BCUT2D eigenvalue weighted by atomic mass is 16.6. The second kappa shape index (κ2) is 5.96. The summed E-state index contributed by atoms with van der Waals surface area (Å²) in [6, 6.07) is 0. The molecular formula is C16H26O3. The van der Waals surface area contributed by atoms with Crippen LogP contribution in [0.3, 0.4) is 0 Å². The van der Waals surface area contributed by atoms with E-state index in [1.807, 2.05) is 19.8 Å². The number of hydrogen-bond donors (Lipinski definition) is 0. The van der Waals surface area contributed by atoms with Gasteiger partial charge in [-0.25, -0.2) is 4.79 Å². The van der Waals surface area contributed by atoms with Crippen LogP contribution in [0.25, 0.3) is 0 Å². The number of rotatable bonds is 5. The van der Waals surface area contributed by atoms with Gasteiger partial charge in [0.25, 0.3) is 0 Å². The molecule has 1 aliphatic rings. The van der Waals surface area contributed by atoms with E-state index in [4.69, 9.17) is 15.9 Å². The number of terminal acetylenes is 1. The van der Waals surface area contributed by atoms with Crippen molar-refractivity contribution in [1.29, 1.82) is 0 Å². The van der Waals surface area contributed by atoms with Crippen LogP contribution in [0.1, 0.15) is 53.9 Å². The third-order valence-corrected chi connectivity index (χ3v) is 3.84. The van der Waals surface area contributed by atoms with Gasteiger partial charge in [0.1, 0.15) is 6.61 Å². The van der Waals surface area contributed by atoms with Crippen LogP contribution in [0.4, 0.5) is 0 Å². The van der Waals surface area contributed by atoms with Gasteiger partial charge in [-0.05, 0) is 51.4 Å². The highest BCUT2D eigenvalue weighted by Gasteiger charge is 2.36. The third-order valence-electron chi connectivity index (χ3n) is 3.84. The summed E-state index contributed by atoms with van der Waals surface area (Å²) in [6.45, 7) is 10.8. The summed E-state index contributed by atoms with van der Waals surface area (Å²) in [7, 11) is 0. The number of ether oxygens (including phenoxy) is 2. The van der Waals surface area contributed by atoms with Crippen LogP contribution in [0, 0.1) is 23.7 Å². The first-order valence-electron chi connectivity index (χ1n) is 6.96. The van der Waals surface area contributed by atoms with Gasteiger partial charge in [0.15, 0.2) is 0 Å². The minimum Gasteiger partial charge on any atom is -0.453 e. The Labute approximate surface area is 117 Å². The lowest BCUT2D eigenvalue weighted by molar-refractivity contribution is -0.154. The van der Waals surface area contributed by atoms with E-state index in [9.17, 15) is 4.79 Å². The predicted molar refractivity (Wildman–Crippen MR) is 75.5 cm³/mol. The Morgan fingerprint density at radius 1 is 1.53 bits per heavy atom. The maximum absolute atomic E-state index is 11.0. The minimum atomic E-state index is -0.633. The van der Waals surface area contributed by atoms with E-state index in [0.717, 1.165) is 0 Å². The number of esters is 1. The van der Waals surface area contributed by atoms with Crippen molar-refractivity contribution in [2.24, 2.45) is 11.3 Å². The second-order valence-corrected chi connectivity index (χ2v) is 6.97. The fraction of sp³-hybridized carbons (Fsp3) is 0.812. The van der Waals surface area contributed by atoms with Crippen LogP contribution < -0.4 is 0 Å². The molecule has 1 saturated carbocycles. The Morgan fingerprint density at radius 3 is 2.63 bits per heavy atom. The topological polar surface area (TPSA) is 35.5 Å². The maximum atomic E-state index is 11.0. The van der Waals surface area contributed by atoms with Gasteiger partial charge in [-0.15, -0.1) is 6.42 Å². The molecule has 1 rings (SSSR count). The van der Waals surface area contributed by atoms with E-state index < -0.39 is 11.6 Å². The SMILES string of the molecule is C#CC(=O)OCC(C)(C)OC(C)C1CCC(C)(C)C1. The molecule has 0 saturated heterocycles. The quantitative estimate of drug-likeness (QED) is 0.435. The molecule has 0 aromatic carbocycles. The van der Waals surface area contributed by atoms with Crippen molar-refractivity contribution in [2.75, 3.05) is 6.61 Å². The first-order valence-corrected chi connectivity index (χ1v) is 6.96. The maximum Gasteiger partial charge on any atom is 0.384 e. The summed E-state index contributed by atoms with van der Waals surface area (Å²) in [5, 5.41) is 0. The molecule has 0 radical (unpaired) electrons. The van der Waals surface area contributed by atoms with E-state index in [2.05, 4.69) is 20.8 Å². The molecule has 0 amide bonds. The normalized spacial score (nSPS) is 23.7. The molecule has 108 valence electrons. The van der Waals surface area contributed by atoms with Crippen molar-refractivity contribution in [2.45, 2.75) is 65.6 Å². The highest BCUT2D eigenvalue weighted by Crippen LogP contribution is 2.43. The second-order valence-electron chi connectivity index (χ2n) is 6.97. The third kappa shape index (κ3) is 5.24. The molecule has 0 aromatic heterocycles. The van der Waals surface area contributed by atoms with Gasteiger partial charge in [-0.3, -0.25) is 0 Å². The summed E-state index contributed by atoms with van der Waals surface area (Å²) in [5.41, 5.74) is -0.0823. The molecule has 1 aliphatic carbocycles. The van der Waals surface area contributed by atoms with Gasteiger partial charge in [0.2, 0.25) is 0 Å². The van der Waals surface area contributed by atoms with Crippen molar-refractivity contribution in [3.05, 3.63) is 0 Å². The molecule has 3 heteroatoms. The van der Waals surface area contributed by atoms with E-state index in [-0.39, 0.29) is 12.7 Å². The standard InChI is InChI=1S/C16H26O3/c1-7-14(17)18-11-16(5,6)19-12(2)13-8-9-15(3,4)10-13/h1,12-13H,8-11H2,2-6H3. The van der Waals surface area contributed by atoms with Crippen LogP contribution in [0.5, 0.6) is 0 Å². The number of hydrogen-bond acceptors (Lipinski definition) is 3. The Balaban J connectivity index is 2.45. The Bertz CT molecular complexity index is 363. The van der Waals surface area contributed by atoms with Gasteiger partial charge in [-0.2, -0.15) is 0 Å². The van der Waals surface area contributed by atoms with Crippen molar-refractivity contribution in [1.82, 2.24) is 0 Å². The Hall–Kier alpha value is -1.01. The van der Waals surface area contributed by atoms with Crippen molar-refractivity contribution >= 4 is 5.97 Å². The van der Waals surface area contributed by atoms with Crippen LogP contribution >= 0.6 is 0 Å². The van der Waals surface area contributed by atoms with Crippen molar-refractivity contribution < 1.29 is 14.3 Å². The van der Waals surface area contributed by atoms with Crippen LogP contribution in [0.2, 0.25) is 0 Å². The lowest BCUT2D eigenvalue weighted by Gasteiger charge is -2.32. The zero-order valence-corrected chi connectivity index (χ0v) is 12.8. The average molecular weight is 266 g/mol. The molecule has 2 unspecified atom stereocenters. The Morgan fingerprint density at radius 2 is 2.16 bits per heavy atom. The number of carbonyl (C=O) groups is 1. The zero-order chi connectivity index (χ0) is 14.7. The Kier molecular flexibility index (Phi) is 5.04. The number of carbonyl (C=O) groups excluding carboxylic acids is 1. The smallest absolute Gasteiger partial charge is 0.384 e. The van der Waals surface area contributed by atoms with Crippen LogP contribution in [0.15, 0.2) is 0 Å². The molecule has 0 N–H and O–H groups in total. The molecule has 1 fully saturated rings. The summed E-state index contributed by atoms with van der Waals surface area (Å²) in [5.74, 6) is 1.89. The van der Waals surface area contributed by atoms with E-state index >= 15 is 0 Å². The molecule has 0 bridgehead atoms. The lowest BCUT2D eigenvalue weighted by Crippen LogP contribution is -2.37. The first kappa shape index (κ1) is 16.0. The highest BCUT2D eigenvalue weighted by molar-refractivity contribution is 5.87. The summed E-state index contributed by atoms with van der Waals surface area (Å²) >= 11 is 0. The fourth-order valence-electron chi connectivity index (χ4n) is 2.81. The molecule has 19 heavy (non-hydrogen) atoms. The van der Waals surface area contributed by atoms with Gasteiger partial charge in [-0.1, -0.05) is 13.8 Å².